The molecule has 1 aromatic heterocycles. The first-order valence-electron chi connectivity index (χ1n) is 8.30. The van der Waals surface area contributed by atoms with Crippen LogP contribution < -0.4 is 5.56 Å². The number of hydrogen-bond donors (Lipinski definition) is 0. The molecule has 0 amide bonds. The number of pyridine rings is 1. The standard InChI is InChI=1S/C18H20N2O5S/c1-25-18(22)15-6-4-5-14(11-15)12-19-13-16(7-8-17(19)21)26(23,24)20-9-2-3-10-20/h4-8,11,13H,2-3,9-10,12H2,1H3. The SMILES string of the molecule is COC(=O)c1cccc(Cn2cc(S(=O)(=O)N3CCCC3)ccc2=O)c1. The second-order valence-electron chi connectivity index (χ2n) is 6.13. The molecule has 138 valence electrons. The van der Waals surface area contributed by atoms with E-state index in [-0.39, 0.29) is 17.0 Å². The Morgan fingerprint density at radius 2 is 1.88 bits per heavy atom. The fourth-order valence-electron chi connectivity index (χ4n) is 2.97. The summed E-state index contributed by atoms with van der Waals surface area (Å²) in [6.45, 7) is 1.16. The van der Waals surface area contributed by atoms with Gasteiger partial charge in [-0.1, -0.05) is 12.1 Å². The maximum absolute atomic E-state index is 12.7. The number of sulfonamides is 1. The van der Waals surface area contributed by atoms with Crippen LogP contribution in [-0.4, -0.2) is 43.5 Å². The lowest BCUT2D eigenvalue weighted by Crippen LogP contribution is -2.29. The third-order valence-electron chi connectivity index (χ3n) is 4.36. The van der Waals surface area contributed by atoms with E-state index in [1.807, 2.05) is 0 Å². The van der Waals surface area contributed by atoms with E-state index < -0.39 is 16.0 Å². The van der Waals surface area contributed by atoms with Gasteiger partial charge in [-0.25, -0.2) is 13.2 Å². The second kappa shape index (κ2) is 7.43. The highest BCUT2D eigenvalue weighted by Gasteiger charge is 2.27. The first kappa shape index (κ1) is 18.3. The molecule has 7 nitrogen and oxygen atoms in total. The van der Waals surface area contributed by atoms with Crippen molar-refractivity contribution in [2.75, 3.05) is 20.2 Å². The number of methoxy groups -OCH3 is 1. The van der Waals surface area contributed by atoms with Crippen LogP contribution in [0.15, 0.2) is 52.3 Å². The van der Waals surface area contributed by atoms with Crippen molar-refractivity contribution in [3.05, 3.63) is 64.1 Å². The smallest absolute Gasteiger partial charge is 0.337 e. The zero-order valence-electron chi connectivity index (χ0n) is 14.4. The van der Waals surface area contributed by atoms with Crippen molar-refractivity contribution in [1.29, 1.82) is 0 Å². The molecular formula is C18H20N2O5S. The number of ether oxygens (including phenoxy) is 1. The molecule has 0 atom stereocenters. The van der Waals surface area contributed by atoms with Gasteiger partial charge in [-0.05, 0) is 36.6 Å². The summed E-state index contributed by atoms with van der Waals surface area (Å²) in [6.07, 6.45) is 3.05. The lowest BCUT2D eigenvalue weighted by Gasteiger charge is -2.16. The van der Waals surface area contributed by atoms with Gasteiger partial charge in [0.1, 0.15) is 0 Å². The van der Waals surface area contributed by atoms with Crippen molar-refractivity contribution in [1.82, 2.24) is 8.87 Å². The maximum Gasteiger partial charge on any atom is 0.337 e. The van der Waals surface area contributed by atoms with Gasteiger partial charge in [-0.2, -0.15) is 4.31 Å². The highest BCUT2D eigenvalue weighted by Crippen LogP contribution is 2.20. The molecule has 0 radical (unpaired) electrons. The number of benzene rings is 1. The van der Waals surface area contributed by atoms with Crippen molar-refractivity contribution in [2.24, 2.45) is 0 Å². The van der Waals surface area contributed by atoms with Crippen molar-refractivity contribution < 1.29 is 17.9 Å². The van der Waals surface area contributed by atoms with E-state index in [1.54, 1.807) is 24.3 Å². The average Bonchev–Trinajstić information content (AvgIpc) is 3.18. The van der Waals surface area contributed by atoms with Crippen LogP contribution >= 0.6 is 0 Å². The number of rotatable bonds is 5. The minimum Gasteiger partial charge on any atom is -0.465 e. The molecule has 0 bridgehead atoms. The molecule has 1 fully saturated rings. The van der Waals surface area contributed by atoms with E-state index >= 15 is 0 Å². The molecule has 1 saturated heterocycles. The molecule has 1 aliphatic heterocycles. The minimum atomic E-state index is -3.60. The van der Waals surface area contributed by atoms with Gasteiger partial charge in [0.15, 0.2) is 0 Å². The summed E-state index contributed by atoms with van der Waals surface area (Å²) >= 11 is 0. The van der Waals surface area contributed by atoms with Crippen molar-refractivity contribution >= 4 is 16.0 Å². The van der Waals surface area contributed by atoms with E-state index in [9.17, 15) is 18.0 Å². The lowest BCUT2D eigenvalue weighted by molar-refractivity contribution is 0.0600. The van der Waals surface area contributed by atoms with Gasteiger partial charge < -0.3 is 9.30 Å². The number of aromatic nitrogens is 1. The van der Waals surface area contributed by atoms with Gasteiger partial charge in [-0.15, -0.1) is 0 Å². The molecule has 8 heteroatoms. The van der Waals surface area contributed by atoms with E-state index in [4.69, 9.17) is 4.74 Å². The van der Waals surface area contributed by atoms with Crippen molar-refractivity contribution in [3.8, 4) is 0 Å². The molecule has 26 heavy (non-hydrogen) atoms. The second-order valence-corrected chi connectivity index (χ2v) is 8.07. The van der Waals surface area contributed by atoms with E-state index in [1.165, 1.54) is 34.3 Å². The molecule has 2 heterocycles. The zero-order valence-corrected chi connectivity index (χ0v) is 15.2. The number of carbonyl (C=O) groups is 1. The van der Waals surface area contributed by atoms with Gasteiger partial charge >= 0.3 is 5.97 Å². The van der Waals surface area contributed by atoms with E-state index in [2.05, 4.69) is 0 Å². The van der Waals surface area contributed by atoms with Crippen molar-refractivity contribution in [3.63, 3.8) is 0 Å². The summed E-state index contributed by atoms with van der Waals surface area (Å²) in [5.41, 5.74) is 0.762. The van der Waals surface area contributed by atoms with Gasteiger partial charge in [0.2, 0.25) is 10.0 Å². The Morgan fingerprint density at radius 1 is 1.15 bits per heavy atom. The van der Waals surface area contributed by atoms with Crippen LogP contribution in [0.25, 0.3) is 0 Å². The summed E-state index contributed by atoms with van der Waals surface area (Å²) in [5, 5.41) is 0. The molecule has 0 spiro atoms. The maximum atomic E-state index is 12.7. The van der Waals surface area contributed by atoms with Crippen LogP contribution in [0.1, 0.15) is 28.8 Å². The van der Waals surface area contributed by atoms with Crippen LogP contribution in [0, 0.1) is 0 Å². The summed E-state index contributed by atoms with van der Waals surface area (Å²) in [5.74, 6) is -0.468. The quantitative estimate of drug-likeness (QED) is 0.738. The fourth-order valence-corrected chi connectivity index (χ4v) is 4.51. The summed E-state index contributed by atoms with van der Waals surface area (Å²) in [4.78, 5) is 23.9. The third kappa shape index (κ3) is 3.71. The molecule has 0 saturated carbocycles. The molecule has 1 aliphatic rings. The Balaban J connectivity index is 1.92. The van der Waals surface area contributed by atoms with Crippen LogP contribution in [0.4, 0.5) is 0 Å². The average molecular weight is 376 g/mol. The van der Waals surface area contributed by atoms with Crippen LogP contribution in [-0.2, 0) is 21.3 Å². The van der Waals surface area contributed by atoms with Crippen LogP contribution in [0.3, 0.4) is 0 Å². The predicted octanol–water partition coefficient (Wildman–Crippen LogP) is 1.47. The summed E-state index contributed by atoms with van der Waals surface area (Å²) < 4.78 is 32.8. The Kier molecular flexibility index (Phi) is 5.24. The molecule has 0 unspecified atom stereocenters. The largest absolute Gasteiger partial charge is 0.465 e. The lowest BCUT2D eigenvalue weighted by atomic mass is 10.1. The molecule has 3 rings (SSSR count). The molecular weight excluding hydrogens is 356 g/mol. The highest BCUT2D eigenvalue weighted by molar-refractivity contribution is 7.89. The first-order valence-corrected chi connectivity index (χ1v) is 9.74. The van der Waals surface area contributed by atoms with Gasteiger partial charge in [0, 0.05) is 25.4 Å². The van der Waals surface area contributed by atoms with Gasteiger partial charge in [0.05, 0.1) is 24.1 Å². The predicted molar refractivity (Wildman–Crippen MR) is 95.6 cm³/mol. The number of esters is 1. The molecule has 2 aromatic rings. The number of carbonyl (C=O) groups excluding carboxylic acids is 1. The van der Waals surface area contributed by atoms with Crippen LogP contribution in [0.5, 0.6) is 0 Å². The summed E-state index contributed by atoms with van der Waals surface area (Å²) in [7, 11) is -2.30. The van der Waals surface area contributed by atoms with Gasteiger partial charge in [-0.3, -0.25) is 4.79 Å². The summed E-state index contributed by atoms with van der Waals surface area (Å²) in [6, 6.07) is 9.30. The highest BCUT2D eigenvalue weighted by atomic mass is 32.2. The molecule has 0 N–H and O–H groups in total. The monoisotopic (exact) mass is 376 g/mol. The Bertz CT molecular complexity index is 975. The first-order chi connectivity index (χ1) is 12.4. The Morgan fingerprint density at radius 3 is 2.58 bits per heavy atom. The normalized spacial score (nSPS) is 15.1. The number of hydrogen-bond acceptors (Lipinski definition) is 5. The minimum absolute atomic E-state index is 0.100. The Hall–Kier alpha value is -2.45. The van der Waals surface area contributed by atoms with E-state index in [0.29, 0.717) is 24.2 Å². The molecule has 1 aromatic carbocycles. The Labute approximate surface area is 151 Å². The third-order valence-corrected chi connectivity index (χ3v) is 6.24. The van der Waals surface area contributed by atoms with Gasteiger partial charge in [0.25, 0.3) is 5.56 Å². The topological polar surface area (TPSA) is 85.7 Å². The van der Waals surface area contributed by atoms with E-state index in [0.717, 1.165) is 12.8 Å². The molecule has 0 aliphatic carbocycles. The zero-order chi connectivity index (χ0) is 18.7. The van der Waals surface area contributed by atoms with Crippen molar-refractivity contribution in [2.45, 2.75) is 24.3 Å². The fraction of sp³-hybridized carbons (Fsp3) is 0.333. The number of nitrogens with zero attached hydrogens (tertiary/aromatic N) is 2. The van der Waals surface area contributed by atoms with Crippen LogP contribution in [0.2, 0.25) is 0 Å².